The fraction of sp³-hybridized carbons (Fsp3) is 0.619. The summed E-state index contributed by atoms with van der Waals surface area (Å²) < 4.78 is 5.69. The number of carboxylic acids is 1. The monoisotopic (exact) mass is 361 g/mol. The second-order valence-corrected chi connectivity index (χ2v) is 7.08. The van der Waals surface area contributed by atoms with E-state index in [1.165, 1.54) is 12.8 Å². The van der Waals surface area contributed by atoms with Crippen LogP contribution in [0, 0.1) is 11.8 Å². The number of carbonyl (C=O) groups is 2. The Kier molecular flexibility index (Phi) is 8.45. The average molecular weight is 361 g/mol. The van der Waals surface area contributed by atoms with Gasteiger partial charge < -0.3 is 15.2 Å². The molecule has 1 fully saturated rings. The van der Waals surface area contributed by atoms with Crippen LogP contribution >= 0.6 is 0 Å². The van der Waals surface area contributed by atoms with E-state index < -0.39 is 11.9 Å². The smallest absolute Gasteiger partial charge is 0.307 e. The average Bonchev–Trinajstić information content (AvgIpc) is 2.66. The van der Waals surface area contributed by atoms with E-state index >= 15 is 0 Å². The maximum atomic E-state index is 12.3. The first-order chi connectivity index (χ1) is 12.6. The van der Waals surface area contributed by atoms with Crippen molar-refractivity contribution in [1.82, 2.24) is 5.32 Å². The highest BCUT2D eigenvalue weighted by molar-refractivity contribution is 5.84. The van der Waals surface area contributed by atoms with Gasteiger partial charge in [0.2, 0.25) is 5.91 Å². The Bertz CT molecular complexity index is 570. The summed E-state index contributed by atoms with van der Waals surface area (Å²) in [6.07, 6.45) is 7.27. The molecule has 0 bridgehead atoms. The van der Waals surface area contributed by atoms with Crippen LogP contribution in [0.1, 0.15) is 57.4 Å². The molecule has 0 saturated heterocycles. The van der Waals surface area contributed by atoms with Gasteiger partial charge in [-0.15, -0.1) is 0 Å². The summed E-state index contributed by atoms with van der Waals surface area (Å²) in [5.74, 6) is -1.01. The number of hydrogen-bond acceptors (Lipinski definition) is 3. The minimum atomic E-state index is -0.848. The molecule has 1 aromatic carbocycles. The number of amides is 1. The van der Waals surface area contributed by atoms with Gasteiger partial charge in [-0.1, -0.05) is 44.7 Å². The van der Waals surface area contributed by atoms with Crippen molar-refractivity contribution in [3.8, 4) is 5.75 Å². The van der Waals surface area contributed by atoms with Crippen LogP contribution in [0.4, 0.5) is 0 Å². The molecule has 5 heteroatoms. The first kappa shape index (κ1) is 20.3. The number of aliphatic carboxylic acids is 1. The molecule has 0 spiro atoms. The molecule has 2 atom stereocenters. The maximum Gasteiger partial charge on any atom is 0.307 e. The van der Waals surface area contributed by atoms with Crippen molar-refractivity contribution in [1.29, 1.82) is 0 Å². The van der Waals surface area contributed by atoms with Crippen LogP contribution in [0.5, 0.6) is 5.75 Å². The minimum Gasteiger partial charge on any atom is -0.494 e. The van der Waals surface area contributed by atoms with E-state index in [0.29, 0.717) is 19.4 Å². The fourth-order valence-electron chi connectivity index (χ4n) is 3.50. The van der Waals surface area contributed by atoms with E-state index in [-0.39, 0.29) is 11.8 Å². The fourth-order valence-corrected chi connectivity index (χ4v) is 3.50. The lowest BCUT2D eigenvalue weighted by Gasteiger charge is -2.27. The normalized spacial score (nSPS) is 19.7. The van der Waals surface area contributed by atoms with Crippen molar-refractivity contribution in [3.63, 3.8) is 0 Å². The molecule has 2 N–H and O–H groups in total. The van der Waals surface area contributed by atoms with E-state index in [2.05, 4.69) is 12.2 Å². The molecule has 1 aliphatic carbocycles. The zero-order valence-corrected chi connectivity index (χ0v) is 15.7. The second-order valence-electron chi connectivity index (χ2n) is 7.08. The lowest BCUT2D eigenvalue weighted by atomic mass is 9.78. The van der Waals surface area contributed by atoms with E-state index in [9.17, 15) is 14.7 Å². The molecule has 1 aromatic rings. The zero-order chi connectivity index (χ0) is 18.8. The Hall–Kier alpha value is -2.04. The molecule has 144 valence electrons. The van der Waals surface area contributed by atoms with Crippen LogP contribution in [0.25, 0.3) is 0 Å². The van der Waals surface area contributed by atoms with Crippen LogP contribution in [0.3, 0.4) is 0 Å². The van der Waals surface area contributed by atoms with Gasteiger partial charge >= 0.3 is 5.97 Å². The van der Waals surface area contributed by atoms with Gasteiger partial charge in [-0.05, 0) is 43.4 Å². The van der Waals surface area contributed by atoms with E-state index in [1.54, 1.807) is 0 Å². The van der Waals surface area contributed by atoms with E-state index in [1.807, 2.05) is 24.3 Å². The van der Waals surface area contributed by atoms with Crippen LogP contribution in [0.15, 0.2) is 24.3 Å². The Balaban J connectivity index is 1.73. The van der Waals surface area contributed by atoms with Gasteiger partial charge in [-0.2, -0.15) is 0 Å². The molecule has 0 aromatic heterocycles. The predicted molar refractivity (Wildman–Crippen MR) is 101 cm³/mol. The lowest BCUT2D eigenvalue weighted by molar-refractivity contribution is -0.148. The summed E-state index contributed by atoms with van der Waals surface area (Å²) in [6.45, 7) is 3.44. The number of benzene rings is 1. The van der Waals surface area contributed by atoms with Crippen molar-refractivity contribution in [2.45, 2.75) is 58.3 Å². The van der Waals surface area contributed by atoms with Crippen LogP contribution in [-0.4, -0.2) is 30.1 Å². The molecular formula is C21H31NO4. The highest BCUT2D eigenvalue weighted by Gasteiger charge is 2.35. The maximum absolute atomic E-state index is 12.3. The van der Waals surface area contributed by atoms with Gasteiger partial charge in [0.05, 0.1) is 18.4 Å². The van der Waals surface area contributed by atoms with Gasteiger partial charge in [-0.3, -0.25) is 9.59 Å². The third-order valence-electron chi connectivity index (χ3n) is 5.07. The highest BCUT2D eigenvalue weighted by atomic mass is 16.5. The number of rotatable bonds is 10. The number of carbonyl (C=O) groups excluding carboxylic acids is 1. The standard InChI is InChI=1S/C21H31NO4/c1-2-3-6-15-26-17-11-9-16(10-12-17)13-14-22-20(23)18-7-4-5-8-19(18)21(24)25/h9-12,18-19H,2-8,13-15H2,1H3,(H,22,23)(H,24,25). The molecule has 5 nitrogen and oxygen atoms in total. The number of carboxylic acid groups (broad SMARTS) is 1. The van der Waals surface area contributed by atoms with Crippen LogP contribution < -0.4 is 10.1 Å². The Morgan fingerprint density at radius 3 is 2.46 bits per heavy atom. The molecule has 1 saturated carbocycles. The number of ether oxygens (including phenoxy) is 1. The van der Waals surface area contributed by atoms with Crippen LogP contribution in [0.2, 0.25) is 0 Å². The van der Waals surface area contributed by atoms with Crippen molar-refractivity contribution in [2.75, 3.05) is 13.2 Å². The SMILES string of the molecule is CCCCCOc1ccc(CCNC(=O)C2CCCCC2C(=O)O)cc1. The van der Waals surface area contributed by atoms with Gasteiger partial charge in [0.1, 0.15) is 5.75 Å². The topological polar surface area (TPSA) is 75.6 Å². The molecule has 26 heavy (non-hydrogen) atoms. The summed E-state index contributed by atoms with van der Waals surface area (Å²) in [5, 5.41) is 12.2. The van der Waals surface area contributed by atoms with E-state index in [4.69, 9.17) is 4.74 Å². The first-order valence-corrected chi connectivity index (χ1v) is 9.84. The predicted octanol–water partition coefficient (Wildman–Crippen LogP) is 3.81. The van der Waals surface area contributed by atoms with Gasteiger partial charge in [0.25, 0.3) is 0 Å². The van der Waals surface area contributed by atoms with Crippen molar-refractivity contribution >= 4 is 11.9 Å². The third kappa shape index (κ3) is 6.36. The summed E-state index contributed by atoms with van der Waals surface area (Å²) in [6, 6.07) is 7.96. The lowest BCUT2D eigenvalue weighted by Crippen LogP contribution is -2.40. The number of nitrogens with one attached hydrogen (secondary N) is 1. The molecule has 0 heterocycles. The van der Waals surface area contributed by atoms with Crippen molar-refractivity contribution < 1.29 is 19.4 Å². The number of unbranched alkanes of at least 4 members (excludes halogenated alkanes) is 2. The zero-order valence-electron chi connectivity index (χ0n) is 15.7. The number of hydrogen-bond donors (Lipinski definition) is 2. The molecule has 2 rings (SSSR count). The second kappa shape index (κ2) is 10.8. The Morgan fingerprint density at radius 1 is 1.12 bits per heavy atom. The van der Waals surface area contributed by atoms with Gasteiger partial charge in [0.15, 0.2) is 0 Å². The van der Waals surface area contributed by atoms with E-state index in [0.717, 1.165) is 43.6 Å². The summed E-state index contributed by atoms with van der Waals surface area (Å²) in [7, 11) is 0. The van der Waals surface area contributed by atoms with Crippen molar-refractivity contribution in [2.24, 2.45) is 11.8 Å². The molecule has 0 radical (unpaired) electrons. The Morgan fingerprint density at radius 2 is 1.81 bits per heavy atom. The molecular weight excluding hydrogens is 330 g/mol. The Labute approximate surface area is 156 Å². The minimum absolute atomic E-state index is 0.118. The van der Waals surface area contributed by atoms with Gasteiger partial charge in [-0.25, -0.2) is 0 Å². The molecule has 1 amide bonds. The molecule has 0 aliphatic heterocycles. The summed E-state index contributed by atoms with van der Waals surface area (Å²) >= 11 is 0. The largest absolute Gasteiger partial charge is 0.494 e. The summed E-state index contributed by atoms with van der Waals surface area (Å²) in [4.78, 5) is 23.7. The van der Waals surface area contributed by atoms with Crippen molar-refractivity contribution in [3.05, 3.63) is 29.8 Å². The van der Waals surface area contributed by atoms with Crippen LogP contribution in [-0.2, 0) is 16.0 Å². The highest BCUT2D eigenvalue weighted by Crippen LogP contribution is 2.30. The summed E-state index contributed by atoms with van der Waals surface area (Å²) in [5.41, 5.74) is 1.13. The molecule has 2 unspecified atom stereocenters. The molecule has 1 aliphatic rings. The quantitative estimate of drug-likeness (QED) is 0.622. The first-order valence-electron chi connectivity index (χ1n) is 9.84. The van der Waals surface area contributed by atoms with Gasteiger partial charge in [0, 0.05) is 6.54 Å². The third-order valence-corrected chi connectivity index (χ3v) is 5.07.